The monoisotopic (exact) mass is 476 g/mol. The Labute approximate surface area is 207 Å². The average Bonchev–Trinajstić information content (AvgIpc) is 3.27. The zero-order chi connectivity index (χ0) is 25.6. The largest absolute Gasteiger partial charge is 0.460 e. The minimum atomic E-state index is -0.475. The van der Waals surface area contributed by atoms with Crippen molar-refractivity contribution in [2.75, 3.05) is 6.54 Å². The summed E-state index contributed by atoms with van der Waals surface area (Å²) in [6.45, 7) is 12.4. The number of benzene rings is 2. The molecule has 0 saturated heterocycles. The Bertz CT molecular complexity index is 1150. The Morgan fingerprint density at radius 2 is 1.80 bits per heavy atom. The van der Waals surface area contributed by atoms with E-state index in [9.17, 15) is 4.79 Å². The summed E-state index contributed by atoms with van der Waals surface area (Å²) in [5.74, 6) is 7.07. The zero-order valence-electron chi connectivity index (χ0n) is 21.6. The van der Waals surface area contributed by atoms with Crippen molar-refractivity contribution >= 4 is 11.7 Å². The van der Waals surface area contributed by atoms with E-state index in [0.717, 1.165) is 33.5 Å². The fraction of sp³-hybridized carbons (Fsp3) is 0.393. The van der Waals surface area contributed by atoms with Crippen LogP contribution in [0.2, 0.25) is 0 Å². The van der Waals surface area contributed by atoms with Gasteiger partial charge in [0.05, 0.1) is 5.70 Å². The quantitative estimate of drug-likeness (QED) is 0.251. The second-order valence-electron chi connectivity index (χ2n) is 9.63. The molecule has 2 aromatic carbocycles. The van der Waals surface area contributed by atoms with Crippen molar-refractivity contribution in [3.05, 3.63) is 76.7 Å². The summed E-state index contributed by atoms with van der Waals surface area (Å²) in [5, 5.41) is 5.90. The van der Waals surface area contributed by atoms with Gasteiger partial charge >= 0.3 is 5.97 Å². The van der Waals surface area contributed by atoms with Gasteiger partial charge in [0, 0.05) is 24.9 Å². The van der Waals surface area contributed by atoms with Gasteiger partial charge in [-0.1, -0.05) is 35.5 Å². The first-order chi connectivity index (χ1) is 16.6. The lowest BCUT2D eigenvalue weighted by molar-refractivity contribution is -0.154. The van der Waals surface area contributed by atoms with E-state index in [1.165, 1.54) is 0 Å². The molecule has 0 aliphatic carbocycles. The van der Waals surface area contributed by atoms with E-state index in [4.69, 9.17) is 15.1 Å². The van der Waals surface area contributed by atoms with Crippen LogP contribution in [-0.4, -0.2) is 33.3 Å². The lowest BCUT2D eigenvalue weighted by atomic mass is 9.95. The highest BCUT2D eigenvalue weighted by Crippen LogP contribution is 2.25. The molecule has 2 N–H and O–H groups in total. The van der Waals surface area contributed by atoms with Crippen molar-refractivity contribution in [2.45, 2.75) is 66.4 Å². The fourth-order valence-electron chi connectivity index (χ4n) is 3.96. The van der Waals surface area contributed by atoms with Crippen LogP contribution >= 0.6 is 0 Å². The van der Waals surface area contributed by atoms with Gasteiger partial charge in [0.2, 0.25) is 11.7 Å². The number of rotatable bonds is 9. The maximum Gasteiger partial charge on any atom is 0.306 e. The van der Waals surface area contributed by atoms with Gasteiger partial charge in [-0.15, -0.1) is 0 Å². The minimum Gasteiger partial charge on any atom is -0.460 e. The van der Waals surface area contributed by atoms with Gasteiger partial charge in [0.15, 0.2) is 0 Å². The summed E-state index contributed by atoms with van der Waals surface area (Å²) < 4.78 is 11.0. The minimum absolute atomic E-state index is 0.190. The summed E-state index contributed by atoms with van der Waals surface area (Å²) in [4.78, 5) is 16.7. The Balaban J connectivity index is 1.74. The van der Waals surface area contributed by atoms with E-state index in [2.05, 4.69) is 10.1 Å². The molecule has 1 heterocycles. The van der Waals surface area contributed by atoms with E-state index < -0.39 is 5.60 Å². The third kappa shape index (κ3) is 7.26. The highest BCUT2D eigenvalue weighted by atomic mass is 16.6. The molecule has 0 aliphatic heterocycles. The van der Waals surface area contributed by atoms with Gasteiger partial charge in [0.1, 0.15) is 5.60 Å². The zero-order valence-corrected chi connectivity index (χ0v) is 21.6. The SMILES string of the molecule is CCN(N)C(=CCc1nc(-c2cc(C)c(CCC(=O)OC(C)(C)C)c(C)c2)no1)c1ccccc1. The first-order valence-electron chi connectivity index (χ1n) is 12.0. The maximum absolute atomic E-state index is 12.1. The summed E-state index contributed by atoms with van der Waals surface area (Å²) >= 11 is 0. The van der Waals surface area contributed by atoms with Crippen LogP contribution in [0.3, 0.4) is 0 Å². The van der Waals surface area contributed by atoms with Crippen LogP contribution in [0.15, 0.2) is 53.1 Å². The van der Waals surface area contributed by atoms with Gasteiger partial charge < -0.3 is 14.3 Å². The molecule has 0 unspecified atom stereocenters. The van der Waals surface area contributed by atoms with Gasteiger partial charge in [-0.25, -0.2) is 5.84 Å². The van der Waals surface area contributed by atoms with E-state index in [1.807, 2.05) is 90.1 Å². The molecule has 0 amide bonds. The summed E-state index contributed by atoms with van der Waals surface area (Å²) in [6, 6.07) is 14.1. The smallest absolute Gasteiger partial charge is 0.306 e. The summed E-state index contributed by atoms with van der Waals surface area (Å²) in [7, 11) is 0. The number of hydrogen-bond acceptors (Lipinski definition) is 7. The van der Waals surface area contributed by atoms with Crippen molar-refractivity contribution in [1.82, 2.24) is 15.1 Å². The molecule has 0 fully saturated rings. The lowest BCUT2D eigenvalue weighted by Gasteiger charge is -2.20. The molecule has 7 nitrogen and oxygen atoms in total. The van der Waals surface area contributed by atoms with Crippen LogP contribution in [0.25, 0.3) is 17.1 Å². The molecule has 0 spiro atoms. The Morgan fingerprint density at radius 1 is 1.14 bits per heavy atom. The predicted molar refractivity (Wildman–Crippen MR) is 138 cm³/mol. The normalized spacial score (nSPS) is 12.0. The lowest BCUT2D eigenvalue weighted by Crippen LogP contribution is -2.29. The van der Waals surface area contributed by atoms with Crippen LogP contribution in [0.4, 0.5) is 0 Å². The molecule has 0 aliphatic rings. The Morgan fingerprint density at radius 3 is 2.40 bits per heavy atom. The van der Waals surface area contributed by atoms with Gasteiger partial charge in [-0.2, -0.15) is 4.98 Å². The molecular weight excluding hydrogens is 440 g/mol. The maximum atomic E-state index is 12.1. The summed E-state index contributed by atoms with van der Waals surface area (Å²) in [6.07, 6.45) is 3.45. The number of aromatic nitrogens is 2. The molecule has 7 heteroatoms. The first kappa shape index (κ1) is 26.2. The van der Waals surface area contributed by atoms with E-state index in [-0.39, 0.29) is 5.97 Å². The highest BCUT2D eigenvalue weighted by Gasteiger charge is 2.18. The molecule has 35 heavy (non-hydrogen) atoms. The number of esters is 1. The third-order valence-corrected chi connectivity index (χ3v) is 5.61. The third-order valence-electron chi connectivity index (χ3n) is 5.61. The highest BCUT2D eigenvalue weighted by molar-refractivity contribution is 5.70. The fourth-order valence-corrected chi connectivity index (χ4v) is 3.96. The second kappa shape index (κ2) is 11.3. The number of carbonyl (C=O) groups excluding carboxylic acids is 1. The second-order valence-corrected chi connectivity index (χ2v) is 9.63. The number of carbonyl (C=O) groups is 1. The van der Waals surface area contributed by atoms with Crippen molar-refractivity contribution in [1.29, 1.82) is 0 Å². The van der Waals surface area contributed by atoms with Crippen LogP contribution < -0.4 is 5.84 Å². The molecule has 186 valence electrons. The number of nitrogens with two attached hydrogens (primary N) is 1. The van der Waals surface area contributed by atoms with Gasteiger partial charge in [0.25, 0.3) is 0 Å². The molecule has 0 saturated carbocycles. The van der Waals surface area contributed by atoms with E-state index in [1.54, 1.807) is 5.01 Å². The van der Waals surface area contributed by atoms with E-state index >= 15 is 0 Å². The number of nitrogens with zero attached hydrogens (tertiary/aromatic N) is 3. The van der Waals surface area contributed by atoms with Crippen LogP contribution in [0.1, 0.15) is 62.3 Å². The first-order valence-corrected chi connectivity index (χ1v) is 12.0. The van der Waals surface area contributed by atoms with Gasteiger partial charge in [-0.3, -0.25) is 4.79 Å². The van der Waals surface area contributed by atoms with Gasteiger partial charge in [-0.05, 0) is 88.4 Å². The topological polar surface area (TPSA) is 94.5 Å². The molecule has 3 aromatic rings. The van der Waals surface area contributed by atoms with Crippen molar-refractivity contribution in [3.8, 4) is 11.4 Å². The van der Waals surface area contributed by atoms with Crippen LogP contribution in [0.5, 0.6) is 0 Å². The number of ether oxygens (including phenoxy) is 1. The van der Waals surface area contributed by atoms with Crippen molar-refractivity contribution < 1.29 is 14.1 Å². The molecule has 0 radical (unpaired) electrons. The molecule has 0 bridgehead atoms. The number of hydrazine groups is 1. The standard InChI is InChI=1S/C28H36N4O3/c1-7-32(29)24(21-11-9-8-10-12-21)14-15-25-30-27(31-35-25)22-17-19(2)23(20(3)18-22)13-16-26(33)34-28(4,5)6/h8-12,14,17-18H,7,13,15-16,29H2,1-6H3. The van der Waals surface area contributed by atoms with Crippen molar-refractivity contribution in [3.63, 3.8) is 0 Å². The van der Waals surface area contributed by atoms with E-state index in [0.29, 0.717) is 37.5 Å². The van der Waals surface area contributed by atoms with Crippen molar-refractivity contribution in [2.24, 2.45) is 5.84 Å². The van der Waals surface area contributed by atoms with Crippen LogP contribution in [0, 0.1) is 13.8 Å². The predicted octanol–water partition coefficient (Wildman–Crippen LogP) is 5.41. The summed E-state index contributed by atoms with van der Waals surface area (Å²) in [5.41, 5.74) is 5.67. The number of hydrogen-bond donors (Lipinski definition) is 1. The molecule has 0 atom stereocenters. The average molecular weight is 477 g/mol. The Kier molecular flexibility index (Phi) is 8.46. The molecule has 1 aromatic heterocycles. The van der Waals surface area contributed by atoms with Crippen LogP contribution in [-0.2, 0) is 22.4 Å². The number of allylic oxidation sites excluding steroid dienone is 1. The molecular formula is C28H36N4O3. The number of aryl methyl sites for hydroxylation is 2. The Hall–Kier alpha value is -3.45. The molecule has 3 rings (SSSR count).